The highest BCUT2D eigenvalue weighted by Gasteiger charge is 1.95. The van der Waals surface area contributed by atoms with Gasteiger partial charge in [-0.05, 0) is 40.5 Å². The molecule has 0 unspecified atom stereocenters. The molecule has 0 aliphatic heterocycles. The number of amides is 1. The van der Waals surface area contributed by atoms with Gasteiger partial charge in [-0.1, -0.05) is 17.2 Å². The fraction of sp³-hybridized carbons (Fsp3) is 0.583. The van der Waals surface area contributed by atoms with Crippen LogP contribution in [0.2, 0.25) is 0 Å². The SMILES string of the molecule is CCNC(=O)/C=C(/C)CCC=C(C)C. The Morgan fingerprint density at radius 2 is 1.93 bits per heavy atom. The lowest BCUT2D eigenvalue weighted by atomic mass is 10.1. The Kier molecular flexibility index (Phi) is 6.81. The van der Waals surface area contributed by atoms with Crippen LogP contribution in [0.4, 0.5) is 0 Å². The lowest BCUT2D eigenvalue weighted by molar-refractivity contribution is -0.116. The summed E-state index contributed by atoms with van der Waals surface area (Å²) in [6.07, 6.45) is 5.85. The Morgan fingerprint density at radius 3 is 2.43 bits per heavy atom. The van der Waals surface area contributed by atoms with Crippen molar-refractivity contribution in [2.45, 2.75) is 40.5 Å². The molecule has 0 spiro atoms. The molecular weight excluding hydrogens is 174 g/mol. The topological polar surface area (TPSA) is 29.1 Å². The largest absolute Gasteiger partial charge is 0.353 e. The standard InChI is InChI=1S/C12H21NO/c1-5-13-12(14)9-11(4)8-6-7-10(2)3/h7,9H,5-6,8H2,1-4H3,(H,13,14)/b11-9-. The number of nitrogens with one attached hydrogen (secondary N) is 1. The maximum atomic E-state index is 11.1. The van der Waals surface area contributed by atoms with Gasteiger partial charge in [0, 0.05) is 12.6 Å². The van der Waals surface area contributed by atoms with Crippen molar-refractivity contribution >= 4 is 5.91 Å². The third-order valence-corrected chi connectivity index (χ3v) is 1.82. The average Bonchev–Trinajstić information content (AvgIpc) is 2.03. The summed E-state index contributed by atoms with van der Waals surface area (Å²) in [4.78, 5) is 11.1. The van der Waals surface area contributed by atoms with E-state index in [-0.39, 0.29) is 5.91 Å². The molecule has 1 N–H and O–H groups in total. The Hall–Kier alpha value is -1.05. The first kappa shape index (κ1) is 12.9. The highest BCUT2D eigenvalue weighted by Crippen LogP contribution is 2.05. The van der Waals surface area contributed by atoms with Crippen LogP contribution in [-0.2, 0) is 4.79 Å². The van der Waals surface area contributed by atoms with Crippen LogP contribution in [0.25, 0.3) is 0 Å². The van der Waals surface area contributed by atoms with E-state index in [9.17, 15) is 4.79 Å². The molecule has 0 atom stereocenters. The molecule has 14 heavy (non-hydrogen) atoms. The smallest absolute Gasteiger partial charge is 0.243 e. The lowest BCUT2D eigenvalue weighted by Crippen LogP contribution is -2.20. The van der Waals surface area contributed by atoms with Gasteiger partial charge in [-0.25, -0.2) is 0 Å². The lowest BCUT2D eigenvalue weighted by Gasteiger charge is -1.99. The number of hydrogen-bond donors (Lipinski definition) is 1. The van der Waals surface area contributed by atoms with Crippen LogP contribution in [0.3, 0.4) is 0 Å². The van der Waals surface area contributed by atoms with Gasteiger partial charge in [0.2, 0.25) is 5.91 Å². The molecule has 2 nitrogen and oxygen atoms in total. The van der Waals surface area contributed by atoms with Crippen LogP contribution in [0.15, 0.2) is 23.3 Å². The van der Waals surface area contributed by atoms with E-state index in [4.69, 9.17) is 0 Å². The number of rotatable bonds is 5. The minimum absolute atomic E-state index is 0.0159. The van der Waals surface area contributed by atoms with Crippen LogP contribution < -0.4 is 5.32 Å². The van der Waals surface area contributed by atoms with Crippen molar-refractivity contribution in [2.24, 2.45) is 0 Å². The van der Waals surface area contributed by atoms with Crippen LogP contribution in [0.5, 0.6) is 0 Å². The number of allylic oxidation sites excluding steroid dienone is 3. The predicted octanol–water partition coefficient (Wildman–Crippen LogP) is 2.82. The molecule has 0 bridgehead atoms. The maximum absolute atomic E-state index is 11.1. The van der Waals surface area contributed by atoms with E-state index in [1.165, 1.54) is 5.57 Å². The molecule has 0 aliphatic carbocycles. The van der Waals surface area contributed by atoms with Gasteiger partial charge in [-0.15, -0.1) is 0 Å². The summed E-state index contributed by atoms with van der Waals surface area (Å²) in [5.74, 6) is 0.0159. The van der Waals surface area contributed by atoms with Gasteiger partial charge in [-0.2, -0.15) is 0 Å². The van der Waals surface area contributed by atoms with Gasteiger partial charge in [0.25, 0.3) is 0 Å². The van der Waals surface area contributed by atoms with Crippen molar-refractivity contribution in [3.8, 4) is 0 Å². The van der Waals surface area contributed by atoms with E-state index in [2.05, 4.69) is 25.2 Å². The maximum Gasteiger partial charge on any atom is 0.243 e. The molecule has 0 saturated heterocycles. The van der Waals surface area contributed by atoms with Gasteiger partial charge < -0.3 is 5.32 Å². The number of likely N-dealkylation sites (N-methyl/N-ethyl adjacent to an activating group) is 1. The average molecular weight is 195 g/mol. The Morgan fingerprint density at radius 1 is 1.29 bits per heavy atom. The highest BCUT2D eigenvalue weighted by molar-refractivity contribution is 5.88. The van der Waals surface area contributed by atoms with Gasteiger partial charge in [0.15, 0.2) is 0 Å². The number of hydrogen-bond acceptors (Lipinski definition) is 1. The molecule has 0 saturated carbocycles. The summed E-state index contributed by atoms with van der Waals surface area (Å²) in [5.41, 5.74) is 2.46. The Balaban J connectivity index is 3.89. The molecule has 1 amide bonds. The third-order valence-electron chi connectivity index (χ3n) is 1.82. The van der Waals surface area contributed by atoms with Gasteiger partial charge in [0.05, 0.1) is 0 Å². The second-order valence-electron chi connectivity index (χ2n) is 3.71. The first-order chi connectivity index (χ1) is 6.56. The summed E-state index contributed by atoms with van der Waals surface area (Å²) in [6.45, 7) is 8.78. The van der Waals surface area contributed by atoms with E-state index in [1.54, 1.807) is 6.08 Å². The predicted molar refractivity (Wildman–Crippen MR) is 61.1 cm³/mol. The molecule has 2 heteroatoms. The van der Waals surface area contributed by atoms with E-state index >= 15 is 0 Å². The third kappa shape index (κ3) is 7.59. The van der Waals surface area contributed by atoms with E-state index in [1.807, 2.05) is 13.8 Å². The van der Waals surface area contributed by atoms with Crippen molar-refractivity contribution in [1.29, 1.82) is 0 Å². The van der Waals surface area contributed by atoms with Crippen molar-refractivity contribution < 1.29 is 4.79 Å². The van der Waals surface area contributed by atoms with Crippen molar-refractivity contribution in [2.75, 3.05) is 6.54 Å². The normalized spacial score (nSPS) is 11.0. The zero-order valence-electron chi connectivity index (χ0n) is 9.68. The summed E-state index contributed by atoms with van der Waals surface area (Å²) < 4.78 is 0. The molecule has 0 heterocycles. The van der Waals surface area contributed by atoms with E-state index in [0.29, 0.717) is 6.54 Å². The van der Waals surface area contributed by atoms with Crippen LogP contribution in [0, 0.1) is 0 Å². The van der Waals surface area contributed by atoms with Crippen LogP contribution in [0.1, 0.15) is 40.5 Å². The molecule has 0 rings (SSSR count). The summed E-state index contributed by atoms with van der Waals surface area (Å²) in [5, 5.41) is 2.74. The monoisotopic (exact) mass is 195 g/mol. The Labute approximate surface area is 87.1 Å². The molecule has 0 radical (unpaired) electrons. The summed E-state index contributed by atoms with van der Waals surface area (Å²) >= 11 is 0. The molecule has 0 aromatic heterocycles. The molecule has 0 aromatic rings. The van der Waals surface area contributed by atoms with Crippen molar-refractivity contribution in [1.82, 2.24) is 5.32 Å². The minimum Gasteiger partial charge on any atom is -0.353 e. The van der Waals surface area contributed by atoms with Gasteiger partial charge in [-0.3, -0.25) is 4.79 Å². The highest BCUT2D eigenvalue weighted by atomic mass is 16.1. The summed E-state index contributed by atoms with van der Waals surface area (Å²) in [7, 11) is 0. The van der Waals surface area contributed by atoms with Crippen molar-refractivity contribution in [3.05, 3.63) is 23.3 Å². The first-order valence-electron chi connectivity index (χ1n) is 5.14. The molecule has 80 valence electrons. The minimum atomic E-state index is 0.0159. The fourth-order valence-corrected chi connectivity index (χ4v) is 1.11. The number of carbonyl (C=O) groups excluding carboxylic acids is 1. The molecule has 0 fully saturated rings. The van der Waals surface area contributed by atoms with Gasteiger partial charge >= 0.3 is 0 Å². The quantitative estimate of drug-likeness (QED) is 0.530. The zero-order valence-corrected chi connectivity index (χ0v) is 9.68. The summed E-state index contributed by atoms with van der Waals surface area (Å²) in [6, 6.07) is 0. The van der Waals surface area contributed by atoms with E-state index < -0.39 is 0 Å². The van der Waals surface area contributed by atoms with Crippen LogP contribution in [-0.4, -0.2) is 12.5 Å². The Bertz CT molecular complexity index is 235. The first-order valence-corrected chi connectivity index (χ1v) is 5.14. The molecule has 0 aromatic carbocycles. The van der Waals surface area contributed by atoms with Crippen LogP contribution >= 0.6 is 0 Å². The fourth-order valence-electron chi connectivity index (χ4n) is 1.11. The number of carbonyl (C=O) groups is 1. The second kappa shape index (κ2) is 7.36. The zero-order chi connectivity index (χ0) is 11.0. The molecular formula is C12H21NO. The second-order valence-corrected chi connectivity index (χ2v) is 3.71. The van der Waals surface area contributed by atoms with Crippen molar-refractivity contribution in [3.63, 3.8) is 0 Å². The molecule has 0 aliphatic rings. The van der Waals surface area contributed by atoms with E-state index in [0.717, 1.165) is 18.4 Å². The van der Waals surface area contributed by atoms with Gasteiger partial charge in [0.1, 0.15) is 0 Å².